The number of guanidine groups is 1. The Morgan fingerprint density at radius 3 is 2.32 bits per heavy atom. The molecule has 0 atom stereocenters. The summed E-state index contributed by atoms with van der Waals surface area (Å²) in [5.41, 5.74) is 0. The largest absolute Gasteiger partial charge is 0.357 e. The van der Waals surface area contributed by atoms with Crippen LogP contribution in [0.4, 0.5) is 0 Å². The van der Waals surface area contributed by atoms with Crippen molar-refractivity contribution in [3.63, 3.8) is 0 Å². The summed E-state index contributed by atoms with van der Waals surface area (Å²) in [6, 6.07) is 0.431. The first-order valence-corrected chi connectivity index (χ1v) is 7.49. The Labute approximate surface area is 135 Å². The topological polar surface area (TPSA) is 39.7 Å². The monoisotopic (exact) mass is 382 g/mol. The molecule has 19 heavy (non-hydrogen) atoms. The highest BCUT2D eigenvalue weighted by Crippen LogP contribution is 2.08. The van der Waals surface area contributed by atoms with Crippen LogP contribution in [0.25, 0.3) is 0 Å². The maximum absolute atomic E-state index is 4.63. The maximum Gasteiger partial charge on any atom is 0.191 e. The van der Waals surface area contributed by atoms with Crippen molar-refractivity contribution in [3.05, 3.63) is 0 Å². The minimum absolute atomic E-state index is 0. The van der Waals surface area contributed by atoms with Crippen LogP contribution in [0, 0.1) is 0 Å². The van der Waals surface area contributed by atoms with Gasteiger partial charge in [0.1, 0.15) is 0 Å². The molecule has 0 radical (unpaired) electrons. The molecule has 0 amide bonds. The van der Waals surface area contributed by atoms with Gasteiger partial charge in [-0.15, -0.1) is 24.0 Å². The molecule has 1 saturated heterocycles. The van der Waals surface area contributed by atoms with Crippen LogP contribution in [-0.4, -0.2) is 49.6 Å². The van der Waals surface area contributed by atoms with Crippen molar-refractivity contribution >= 4 is 29.9 Å². The lowest BCUT2D eigenvalue weighted by atomic mass is 10.2. The van der Waals surface area contributed by atoms with Crippen LogP contribution in [0.2, 0.25) is 0 Å². The van der Waals surface area contributed by atoms with Gasteiger partial charge < -0.3 is 15.5 Å². The molecule has 0 aliphatic carbocycles. The van der Waals surface area contributed by atoms with Gasteiger partial charge in [-0.05, 0) is 46.7 Å². The predicted molar refractivity (Wildman–Crippen MR) is 94.6 cm³/mol. The van der Waals surface area contributed by atoms with Crippen LogP contribution in [0.1, 0.15) is 46.5 Å². The summed E-state index contributed by atoms with van der Waals surface area (Å²) in [5.74, 6) is 0.947. The molecule has 1 heterocycles. The summed E-state index contributed by atoms with van der Waals surface area (Å²) in [4.78, 5) is 7.18. The van der Waals surface area contributed by atoms with Crippen molar-refractivity contribution in [2.24, 2.45) is 4.99 Å². The fourth-order valence-corrected chi connectivity index (χ4v) is 2.26. The third-order valence-corrected chi connectivity index (χ3v) is 3.15. The highest BCUT2D eigenvalue weighted by molar-refractivity contribution is 14.0. The van der Waals surface area contributed by atoms with Gasteiger partial charge in [0.15, 0.2) is 5.96 Å². The van der Waals surface area contributed by atoms with E-state index in [1.54, 1.807) is 0 Å². The lowest BCUT2D eigenvalue weighted by Gasteiger charge is -2.19. The molecule has 0 unspecified atom stereocenters. The molecule has 5 heteroatoms. The van der Waals surface area contributed by atoms with Crippen LogP contribution in [-0.2, 0) is 0 Å². The fourth-order valence-electron chi connectivity index (χ4n) is 2.26. The van der Waals surface area contributed by atoms with Gasteiger partial charge in [-0.25, -0.2) is 0 Å². The Balaban J connectivity index is 0.00000324. The Hall–Kier alpha value is -0.0400. The van der Waals surface area contributed by atoms with Crippen LogP contribution in [0.5, 0.6) is 0 Å². The molecule has 4 nitrogen and oxygen atoms in total. The van der Waals surface area contributed by atoms with E-state index in [4.69, 9.17) is 0 Å². The van der Waals surface area contributed by atoms with E-state index in [2.05, 4.69) is 41.3 Å². The molecule has 1 aliphatic rings. The van der Waals surface area contributed by atoms with E-state index in [1.807, 2.05) is 0 Å². The average molecular weight is 382 g/mol. The standard InChI is InChI=1S/C14H30N4.HI/c1-4-15-14(17-13(2)3)16-9-12-18-10-7-5-6-8-11-18;/h13H,4-12H2,1-3H3,(H2,15,16,17);1H. The SMILES string of the molecule is CCNC(=NCCN1CCCCCC1)NC(C)C.I. The molecule has 0 saturated carbocycles. The van der Waals surface area contributed by atoms with Crippen LogP contribution < -0.4 is 10.6 Å². The minimum Gasteiger partial charge on any atom is -0.357 e. The third kappa shape index (κ3) is 9.49. The molecule has 1 aliphatic heterocycles. The summed E-state index contributed by atoms with van der Waals surface area (Å²) in [6.07, 6.45) is 5.51. The normalized spacial score (nSPS) is 17.8. The Kier molecular flexibility index (Phi) is 11.7. The first-order chi connectivity index (χ1) is 8.72. The molecule has 0 aromatic heterocycles. The van der Waals surface area contributed by atoms with E-state index in [0.717, 1.165) is 25.6 Å². The molecule has 1 rings (SSSR count). The number of nitrogens with zero attached hydrogens (tertiary/aromatic N) is 2. The second-order valence-corrected chi connectivity index (χ2v) is 5.32. The quantitative estimate of drug-likeness (QED) is 0.436. The highest BCUT2D eigenvalue weighted by atomic mass is 127. The zero-order valence-corrected chi connectivity index (χ0v) is 15.1. The number of nitrogens with one attached hydrogen (secondary N) is 2. The van der Waals surface area contributed by atoms with Gasteiger partial charge in [0.25, 0.3) is 0 Å². The molecule has 0 bridgehead atoms. The van der Waals surface area contributed by atoms with Crippen molar-refractivity contribution in [2.75, 3.05) is 32.7 Å². The first-order valence-electron chi connectivity index (χ1n) is 7.49. The molecular weight excluding hydrogens is 351 g/mol. The van der Waals surface area contributed by atoms with E-state index in [1.165, 1.54) is 38.8 Å². The minimum atomic E-state index is 0. The van der Waals surface area contributed by atoms with Crippen molar-refractivity contribution < 1.29 is 0 Å². The van der Waals surface area contributed by atoms with Gasteiger partial charge in [-0.2, -0.15) is 0 Å². The number of rotatable bonds is 5. The van der Waals surface area contributed by atoms with E-state index in [-0.39, 0.29) is 24.0 Å². The zero-order chi connectivity index (χ0) is 13.2. The van der Waals surface area contributed by atoms with Gasteiger partial charge in [0.2, 0.25) is 0 Å². The van der Waals surface area contributed by atoms with Gasteiger partial charge in [0, 0.05) is 19.1 Å². The number of aliphatic imine (C=N–C) groups is 1. The smallest absolute Gasteiger partial charge is 0.191 e. The molecule has 0 aromatic rings. The second-order valence-electron chi connectivity index (χ2n) is 5.32. The Morgan fingerprint density at radius 1 is 1.16 bits per heavy atom. The lowest BCUT2D eigenvalue weighted by molar-refractivity contribution is 0.293. The molecule has 114 valence electrons. The van der Waals surface area contributed by atoms with Crippen molar-refractivity contribution in [1.29, 1.82) is 0 Å². The summed E-state index contributed by atoms with van der Waals surface area (Å²) in [5, 5.41) is 6.64. The van der Waals surface area contributed by atoms with E-state index >= 15 is 0 Å². The van der Waals surface area contributed by atoms with Gasteiger partial charge in [0.05, 0.1) is 6.54 Å². The van der Waals surface area contributed by atoms with E-state index in [9.17, 15) is 0 Å². The summed E-state index contributed by atoms with van der Waals surface area (Å²) >= 11 is 0. The summed E-state index contributed by atoms with van der Waals surface area (Å²) in [7, 11) is 0. The number of hydrogen-bond acceptors (Lipinski definition) is 2. The number of likely N-dealkylation sites (tertiary alicyclic amines) is 1. The molecule has 0 aromatic carbocycles. The zero-order valence-electron chi connectivity index (χ0n) is 12.7. The van der Waals surface area contributed by atoms with E-state index in [0.29, 0.717) is 6.04 Å². The van der Waals surface area contributed by atoms with E-state index < -0.39 is 0 Å². The Bertz CT molecular complexity index is 236. The summed E-state index contributed by atoms with van der Waals surface area (Å²) in [6.45, 7) is 11.8. The number of hydrogen-bond donors (Lipinski definition) is 2. The van der Waals surface area contributed by atoms with Crippen LogP contribution >= 0.6 is 24.0 Å². The number of halogens is 1. The third-order valence-electron chi connectivity index (χ3n) is 3.15. The molecular formula is C14H31IN4. The average Bonchev–Trinajstić information content (AvgIpc) is 2.57. The van der Waals surface area contributed by atoms with Crippen LogP contribution in [0.3, 0.4) is 0 Å². The lowest BCUT2D eigenvalue weighted by Crippen LogP contribution is -2.41. The van der Waals surface area contributed by atoms with Gasteiger partial charge in [-0.1, -0.05) is 12.8 Å². The van der Waals surface area contributed by atoms with Gasteiger partial charge in [-0.3, -0.25) is 4.99 Å². The maximum atomic E-state index is 4.63. The molecule has 2 N–H and O–H groups in total. The second kappa shape index (κ2) is 11.8. The van der Waals surface area contributed by atoms with Crippen LogP contribution in [0.15, 0.2) is 4.99 Å². The van der Waals surface area contributed by atoms with Gasteiger partial charge >= 0.3 is 0 Å². The predicted octanol–water partition coefficient (Wildman–Crippen LogP) is 2.44. The molecule has 0 spiro atoms. The first kappa shape index (κ1) is 19.0. The molecule has 1 fully saturated rings. The van der Waals surface area contributed by atoms with Crippen molar-refractivity contribution in [2.45, 2.75) is 52.5 Å². The fraction of sp³-hybridized carbons (Fsp3) is 0.929. The Morgan fingerprint density at radius 2 is 1.79 bits per heavy atom. The van der Waals surface area contributed by atoms with Crippen molar-refractivity contribution in [3.8, 4) is 0 Å². The van der Waals surface area contributed by atoms with Crippen molar-refractivity contribution in [1.82, 2.24) is 15.5 Å². The summed E-state index contributed by atoms with van der Waals surface area (Å²) < 4.78 is 0. The highest BCUT2D eigenvalue weighted by Gasteiger charge is 2.08.